The Bertz CT molecular complexity index is 713. The molecule has 0 atom stereocenters. The number of hydrogen-bond donors (Lipinski definition) is 2. The predicted octanol–water partition coefficient (Wildman–Crippen LogP) is 2.53. The van der Waals surface area contributed by atoms with Crippen molar-refractivity contribution in [2.75, 3.05) is 17.2 Å². The summed E-state index contributed by atoms with van der Waals surface area (Å²) in [4.78, 5) is 31.5. The van der Waals surface area contributed by atoms with E-state index in [1.807, 2.05) is 0 Å². The van der Waals surface area contributed by atoms with Gasteiger partial charge in [0.25, 0.3) is 5.91 Å². The molecular formula is C16H16N4O2. The van der Waals surface area contributed by atoms with Crippen molar-refractivity contribution < 1.29 is 9.59 Å². The van der Waals surface area contributed by atoms with Gasteiger partial charge in [-0.05, 0) is 19.1 Å². The zero-order chi connectivity index (χ0) is 15.9. The van der Waals surface area contributed by atoms with Crippen LogP contribution in [0.1, 0.15) is 27.8 Å². The Balaban J connectivity index is 2.13. The van der Waals surface area contributed by atoms with E-state index in [2.05, 4.69) is 27.2 Å². The standard InChI is InChI=1S/C16H16N4O2/c1-3-7-17-15-9-14(18-10-19-15)16(22)20-13-6-4-5-12(8-13)11(2)21/h3-6,8-10H,1,7H2,2H3,(H,20,22)(H,17,18,19). The van der Waals surface area contributed by atoms with Crippen molar-refractivity contribution in [3.8, 4) is 0 Å². The van der Waals surface area contributed by atoms with Crippen LogP contribution in [0.4, 0.5) is 11.5 Å². The van der Waals surface area contributed by atoms with Gasteiger partial charge in [0.1, 0.15) is 17.8 Å². The lowest BCUT2D eigenvalue weighted by Gasteiger charge is -2.07. The highest BCUT2D eigenvalue weighted by Crippen LogP contribution is 2.13. The Hall–Kier alpha value is -3.02. The normalized spacial score (nSPS) is 9.86. The molecule has 0 saturated heterocycles. The van der Waals surface area contributed by atoms with Gasteiger partial charge in [0.2, 0.25) is 0 Å². The summed E-state index contributed by atoms with van der Waals surface area (Å²) in [5, 5.41) is 5.69. The van der Waals surface area contributed by atoms with Crippen LogP contribution in [0.2, 0.25) is 0 Å². The summed E-state index contributed by atoms with van der Waals surface area (Å²) in [5.41, 5.74) is 1.31. The lowest BCUT2D eigenvalue weighted by molar-refractivity contribution is 0.100. The van der Waals surface area contributed by atoms with Crippen molar-refractivity contribution in [1.29, 1.82) is 0 Å². The molecule has 1 aromatic carbocycles. The topological polar surface area (TPSA) is 84.0 Å². The van der Waals surface area contributed by atoms with Crippen LogP contribution in [0.15, 0.2) is 49.3 Å². The fraction of sp³-hybridized carbons (Fsp3) is 0.125. The number of anilines is 2. The Morgan fingerprint density at radius 1 is 1.27 bits per heavy atom. The number of carbonyl (C=O) groups excluding carboxylic acids is 2. The fourth-order valence-corrected chi connectivity index (χ4v) is 1.77. The second-order valence-electron chi connectivity index (χ2n) is 4.55. The molecule has 0 bridgehead atoms. The zero-order valence-corrected chi connectivity index (χ0v) is 12.2. The Labute approximate surface area is 128 Å². The van der Waals surface area contributed by atoms with Gasteiger partial charge in [0, 0.05) is 23.9 Å². The average molecular weight is 296 g/mol. The summed E-state index contributed by atoms with van der Waals surface area (Å²) in [6.07, 6.45) is 3.00. The monoisotopic (exact) mass is 296 g/mol. The first-order valence-corrected chi connectivity index (χ1v) is 6.69. The first-order chi connectivity index (χ1) is 10.6. The van der Waals surface area contributed by atoms with E-state index in [0.29, 0.717) is 23.6 Å². The van der Waals surface area contributed by atoms with Gasteiger partial charge in [-0.2, -0.15) is 0 Å². The van der Waals surface area contributed by atoms with E-state index < -0.39 is 0 Å². The molecule has 2 rings (SSSR count). The molecule has 112 valence electrons. The van der Waals surface area contributed by atoms with Gasteiger partial charge in [-0.25, -0.2) is 9.97 Å². The molecule has 2 aromatic rings. The summed E-state index contributed by atoms with van der Waals surface area (Å²) in [7, 11) is 0. The van der Waals surface area contributed by atoms with Crippen LogP contribution in [0.5, 0.6) is 0 Å². The minimum Gasteiger partial charge on any atom is -0.366 e. The molecule has 2 N–H and O–H groups in total. The smallest absolute Gasteiger partial charge is 0.274 e. The van der Waals surface area contributed by atoms with Gasteiger partial charge in [-0.1, -0.05) is 18.2 Å². The summed E-state index contributed by atoms with van der Waals surface area (Å²) in [5.74, 6) is 0.108. The van der Waals surface area contributed by atoms with Crippen molar-refractivity contribution in [2.45, 2.75) is 6.92 Å². The van der Waals surface area contributed by atoms with Crippen LogP contribution in [0.25, 0.3) is 0 Å². The van der Waals surface area contributed by atoms with Crippen LogP contribution in [-0.4, -0.2) is 28.2 Å². The van der Waals surface area contributed by atoms with Crippen molar-refractivity contribution in [2.24, 2.45) is 0 Å². The lowest BCUT2D eigenvalue weighted by Crippen LogP contribution is -2.15. The van der Waals surface area contributed by atoms with E-state index in [1.165, 1.54) is 13.3 Å². The molecule has 6 heteroatoms. The molecule has 1 aromatic heterocycles. The molecular weight excluding hydrogens is 280 g/mol. The number of nitrogens with zero attached hydrogens (tertiary/aromatic N) is 2. The Kier molecular flexibility index (Phi) is 4.98. The maximum Gasteiger partial charge on any atom is 0.274 e. The SMILES string of the molecule is C=CCNc1cc(C(=O)Nc2cccc(C(C)=O)c2)ncn1. The number of carbonyl (C=O) groups is 2. The number of rotatable bonds is 6. The highest BCUT2D eigenvalue weighted by molar-refractivity contribution is 6.04. The maximum absolute atomic E-state index is 12.2. The fourth-order valence-electron chi connectivity index (χ4n) is 1.77. The van der Waals surface area contributed by atoms with Crippen molar-refractivity contribution >= 4 is 23.2 Å². The molecule has 0 saturated carbocycles. The molecule has 0 aliphatic rings. The van der Waals surface area contributed by atoms with Crippen LogP contribution in [0.3, 0.4) is 0 Å². The molecule has 22 heavy (non-hydrogen) atoms. The van der Waals surface area contributed by atoms with E-state index >= 15 is 0 Å². The second kappa shape index (κ2) is 7.12. The molecule has 0 aliphatic carbocycles. The Morgan fingerprint density at radius 2 is 2.09 bits per heavy atom. The minimum atomic E-state index is -0.371. The number of ketones is 1. The van der Waals surface area contributed by atoms with Gasteiger partial charge in [0.15, 0.2) is 5.78 Å². The molecule has 0 radical (unpaired) electrons. The highest BCUT2D eigenvalue weighted by Gasteiger charge is 2.10. The van der Waals surface area contributed by atoms with E-state index in [0.717, 1.165) is 0 Å². The number of amides is 1. The first-order valence-electron chi connectivity index (χ1n) is 6.69. The Morgan fingerprint density at radius 3 is 2.82 bits per heavy atom. The van der Waals surface area contributed by atoms with E-state index in [-0.39, 0.29) is 17.4 Å². The molecule has 0 fully saturated rings. The van der Waals surface area contributed by atoms with E-state index in [1.54, 1.807) is 36.4 Å². The summed E-state index contributed by atoms with van der Waals surface area (Å²) >= 11 is 0. The van der Waals surface area contributed by atoms with Crippen LogP contribution >= 0.6 is 0 Å². The first kappa shape index (κ1) is 15.4. The molecule has 6 nitrogen and oxygen atoms in total. The maximum atomic E-state index is 12.2. The van der Waals surface area contributed by atoms with Crippen molar-refractivity contribution in [1.82, 2.24) is 9.97 Å². The summed E-state index contributed by atoms with van der Waals surface area (Å²) in [6.45, 7) is 5.61. The summed E-state index contributed by atoms with van der Waals surface area (Å²) in [6, 6.07) is 8.29. The quantitative estimate of drug-likeness (QED) is 0.632. The summed E-state index contributed by atoms with van der Waals surface area (Å²) < 4.78 is 0. The van der Waals surface area contributed by atoms with Crippen LogP contribution in [0, 0.1) is 0 Å². The second-order valence-corrected chi connectivity index (χ2v) is 4.55. The number of aromatic nitrogens is 2. The predicted molar refractivity (Wildman–Crippen MR) is 85.1 cm³/mol. The average Bonchev–Trinajstić information content (AvgIpc) is 2.53. The minimum absolute atomic E-state index is 0.0611. The molecule has 0 spiro atoms. The highest BCUT2D eigenvalue weighted by atomic mass is 16.2. The lowest BCUT2D eigenvalue weighted by atomic mass is 10.1. The molecule has 0 aliphatic heterocycles. The third-order valence-electron chi connectivity index (χ3n) is 2.85. The van der Waals surface area contributed by atoms with Crippen molar-refractivity contribution in [3.05, 3.63) is 60.6 Å². The third kappa shape index (κ3) is 3.99. The van der Waals surface area contributed by atoms with Gasteiger partial charge in [-0.3, -0.25) is 9.59 Å². The molecule has 1 amide bonds. The van der Waals surface area contributed by atoms with Crippen molar-refractivity contribution in [3.63, 3.8) is 0 Å². The number of hydrogen-bond acceptors (Lipinski definition) is 5. The van der Waals surface area contributed by atoms with Gasteiger partial charge in [0.05, 0.1) is 0 Å². The largest absolute Gasteiger partial charge is 0.366 e. The number of Topliss-reactive ketones (excluding diaryl/α,β-unsaturated/α-hetero) is 1. The molecule has 1 heterocycles. The van der Waals surface area contributed by atoms with Crippen LogP contribution < -0.4 is 10.6 Å². The molecule has 0 unspecified atom stereocenters. The number of nitrogens with one attached hydrogen (secondary N) is 2. The van der Waals surface area contributed by atoms with E-state index in [9.17, 15) is 9.59 Å². The van der Waals surface area contributed by atoms with Crippen LogP contribution in [-0.2, 0) is 0 Å². The van der Waals surface area contributed by atoms with Gasteiger partial charge in [-0.15, -0.1) is 6.58 Å². The van der Waals surface area contributed by atoms with E-state index in [4.69, 9.17) is 0 Å². The third-order valence-corrected chi connectivity index (χ3v) is 2.85. The van der Waals surface area contributed by atoms with Gasteiger partial charge < -0.3 is 10.6 Å². The van der Waals surface area contributed by atoms with Gasteiger partial charge >= 0.3 is 0 Å². The number of benzene rings is 1. The zero-order valence-electron chi connectivity index (χ0n) is 12.2.